The molecule has 0 aliphatic rings. The molecule has 0 aliphatic carbocycles. The maximum absolute atomic E-state index is 12.4. The summed E-state index contributed by atoms with van der Waals surface area (Å²) in [5.41, 5.74) is 6.41. The summed E-state index contributed by atoms with van der Waals surface area (Å²) in [4.78, 5) is 0. The molecule has 2 nitrogen and oxygen atoms in total. The quantitative estimate of drug-likeness (QED) is 0.819. The topological polar surface area (TPSA) is 35.2 Å². The van der Waals surface area contributed by atoms with E-state index in [-0.39, 0.29) is 0 Å². The lowest BCUT2D eigenvalue weighted by molar-refractivity contribution is -0.137. The van der Waals surface area contributed by atoms with Crippen LogP contribution in [0.3, 0.4) is 0 Å². The first-order valence-electron chi connectivity index (χ1n) is 5.57. The summed E-state index contributed by atoms with van der Waals surface area (Å²) in [6.07, 6.45) is -4.35. The Kier molecular flexibility index (Phi) is 3.38. The van der Waals surface area contributed by atoms with Crippen LogP contribution in [0.1, 0.15) is 11.1 Å². The second-order valence-electron chi connectivity index (χ2n) is 4.17. The summed E-state index contributed by atoms with van der Waals surface area (Å²) in [5, 5.41) is 0. The van der Waals surface area contributed by atoms with Crippen molar-refractivity contribution in [1.29, 1.82) is 0 Å². The van der Waals surface area contributed by atoms with Crippen LogP contribution in [0, 0.1) is 6.92 Å². The number of aryl methyl sites for hydroxylation is 1. The van der Waals surface area contributed by atoms with E-state index in [4.69, 9.17) is 10.5 Å². The van der Waals surface area contributed by atoms with Gasteiger partial charge in [0.05, 0.1) is 11.3 Å². The van der Waals surface area contributed by atoms with Gasteiger partial charge in [-0.25, -0.2) is 0 Å². The first kappa shape index (κ1) is 13.3. The highest BCUT2D eigenvalue weighted by Crippen LogP contribution is 2.32. The number of nitrogens with two attached hydrogens (primary N) is 1. The Hall–Kier alpha value is -2.17. The molecule has 2 rings (SSSR count). The summed E-state index contributed by atoms with van der Waals surface area (Å²) >= 11 is 0. The van der Waals surface area contributed by atoms with E-state index in [1.54, 1.807) is 12.1 Å². The van der Waals surface area contributed by atoms with Gasteiger partial charge in [0, 0.05) is 0 Å². The molecule has 0 heterocycles. The maximum atomic E-state index is 12.4. The minimum atomic E-state index is -4.35. The van der Waals surface area contributed by atoms with Crippen molar-refractivity contribution in [2.45, 2.75) is 13.1 Å². The molecular formula is C14H12F3NO. The minimum absolute atomic E-state index is 0.310. The zero-order valence-corrected chi connectivity index (χ0v) is 10.2. The van der Waals surface area contributed by atoms with Crippen LogP contribution in [0.4, 0.5) is 18.9 Å². The lowest BCUT2D eigenvalue weighted by atomic mass is 10.2. The SMILES string of the molecule is Cc1ccc(N)c(Oc2ccc(C(F)(F)F)cc2)c1. The van der Waals surface area contributed by atoms with Gasteiger partial charge in [-0.3, -0.25) is 0 Å². The third-order valence-corrected chi connectivity index (χ3v) is 2.58. The first-order valence-corrected chi connectivity index (χ1v) is 5.57. The van der Waals surface area contributed by atoms with Gasteiger partial charge in [-0.15, -0.1) is 0 Å². The highest BCUT2D eigenvalue weighted by molar-refractivity contribution is 5.55. The van der Waals surface area contributed by atoms with Crippen LogP contribution in [0.5, 0.6) is 11.5 Å². The van der Waals surface area contributed by atoms with Crippen molar-refractivity contribution in [2.75, 3.05) is 5.73 Å². The van der Waals surface area contributed by atoms with E-state index in [9.17, 15) is 13.2 Å². The molecular weight excluding hydrogens is 255 g/mol. The molecule has 100 valence electrons. The van der Waals surface area contributed by atoms with Gasteiger partial charge in [0.15, 0.2) is 5.75 Å². The predicted octanol–water partition coefficient (Wildman–Crippen LogP) is 4.39. The fraction of sp³-hybridized carbons (Fsp3) is 0.143. The van der Waals surface area contributed by atoms with Gasteiger partial charge in [0.1, 0.15) is 5.75 Å². The van der Waals surface area contributed by atoms with Crippen molar-refractivity contribution in [3.63, 3.8) is 0 Å². The predicted molar refractivity (Wildman–Crippen MR) is 67.1 cm³/mol. The Bertz CT molecular complexity index is 576. The van der Waals surface area contributed by atoms with Gasteiger partial charge < -0.3 is 10.5 Å². The van der Waals surface area contributed by atoms with Gasteiger partial charge in [0.2, 0.25) is 0 Å². The molecule has 19 heavy (non-hydrogen) atoms. The van der Waals surface area contributed by atoms with Crippen molar-refractivity contribution < 1.29 is 17.9 Å². The minimum Gasteiger partial charge on any atom is -0.455 e. The van der Waals surface area contributed by atoms with Crippen LogP contribution < -0.4 is 10.5 Å². The van der Waals surface area contributed by atoms with Crippen LogP contribution in [-0.4, -0.2) is 0 Å². The largest absolute Gasteiger partial charge is 0.455 e. The molecule has 0 atom stereocenters. The maximum Gasteiger partial charge on any atom is 0.416 e. The van der Waals surface area contributed by atoms with Crippen LogP contribution in [-0.2, 0) is 6.18 Å². The molecule has 0 spiro atoms. The molecule has 2 aromatic carbocycles. The number of hydrogen-bond acceptors (Lipinski definition) is 2. The molecule has 2 aromatic rings. The summed E-state index contributed by atoms with van der Waals surface area (Å²) in [5.74, 6) is 0.741. The molecule has 0 saturated carbocycles. The fourth-order valence-electron chi connectivity index (χ4n) is 1.57. The third kappa shape index (κ3) is 3.19. The number of ether oxygens (including phenoxy) is 1. The fourth-order valence-corrected chi connectivity index (χ4v) is 1.57. The second-order valence-corrected chi connectivity index (χ2v) is 4.17. The number of alkyl halides is 3. The molecule has 0 aliphatic heterocycles. The van der Waals surface area contributed by atoms with Gasteiger partial charge in [-0.2, -0.15) is 13.2 Å². The summed E-state index contributed by atoms with van der Waals surface area (Å²) in [7, 11) is 0. The van der Waals surface area contributed by atoms with Crippen LogP contribution in [0.15, 0.2) is 42.5 Å². The van der Waals surface area contributed by atoms with E-state index in [0.717, 1.165) is 17.7 Å². The summed E-state index contributed by atoms with van der Waals surface area (Å²) in [6.45, 7) is 1.87. The van der Waals surface area contributed by atoms with E-state index in [2.05, 4.69) is 0 Å². The van der Waals surface area contributed by atoms with E-state index < -0.39 is 11.7 Å². The Morgan fingerprint density at radius 3 is 2.21 bits per heavy atom. The van der Waals surface area contributed by atoms with Crippen molar-refractivity contribution >= 4 is 5.69 Å². The molecule has 0 saturated heterocycles. The third-order valence-electron chi connectivity index (χ3n) is 2.58. The van der Waals surface area contributed by atoms with E-state index in [1.807, 2.05) is 13.0 Å². The highest BCUT2D eigenvalue weighted by Gasteiger charge is 2.30. The Morgan fingerprint density at radius 2 is 1.63 bits per heavy atom. The summed E-state index contributed by atoms with van der Waals surface area (Å²) < 4.78 is 42.7. The highest BCUT2D eigenvalue weighted by atomic mass is 19.4. The van der Waals surface area contributed by atoms with E-state index >= 15 is 0 Å². The second kappa shape index (κ2) is 4.84. The van der Waals surface area contributed by atoms with Crippen molar-refractivity contribution in [1.82, 2.24) is 0 Å². The normalized spacial score (nSPS) is 11.4. The average molecular weight is 267 g/mol. The molecule has 2 N–H and O–H groups in total. The molecule has 0 aromatic heterocycles. The lowest BCUT2D eigenvalue weighted by Gasteiger charge is -2.11. The van der Waals surface area contributed by atoms with Gasteiger partial charge in [0.25, 0.3) is 0 Å². The van der Waals surface area contributed by atoms with E-state index in [0.29, 0.717) is 17.2 Å². The molecule has 0 amide bonds. The number of halogens is 3. The molecule has 0 bridgehead atoms. The van der Waals surface area contributed by atoms with Crippen molar-refractivity contribution in [3.8, 4) is 11.5 Å². The molecule has 0 fully saturated rings. The molecule has 0 radical (unpaired) electrons. The number of hydrogen-bond donors (Lipinski definition) is 1. The summed E-state index contributed by atoms with van der Waals surface area (Å²) in [6, 6.07) is 9.73. The molecule has 5 heteroatoms. The van der Waals surface area contributed by atoms with Crippen LogP contribution in [0.2, 0.25) is 0 Å². The Morgan fingerprint density at radius 1 is 1.00 bits per heavy atom. The van der Waals surface area contributed by atoms with Gasteiger partial charge >= 0.3 is 6.18 Å². The van der Waals surface area contributed by atoms with Crippen LogP contribution in [0.25, 0.3) is 0 Å². The lowest BCUT2D eigenvalue weighted by Crippen LogP contribution is -2.04. The Labute approximate surface area is 108 Å². The van der Waals surface area contributed by atoms with Crippen LogP contribution >= 0.6 is 0 Å². The number of anilines is 1. The zero-order chi connectivity index (χ0) is 14.0. The first-order chi connectivity index (χ1) is 8.86. The standard InChI is InChI=1S/C14H12F3NO/c1-9-2-7-12(18)13(8-9)19-11-5-3-10(4-6-11)14(15,16)17/h2-8H,18H2,1H3. The number of nitrogen functional groups attached to an aromatic ring is 1. The van der Waals surface area contributed by atoms with Gasteiger partial charge in [-0.05, 0) is 48.9 Å². The smallest absolute Gasteiger partial charge is 0.416 e. The van der Waals surface area contributed by atoms with Crippen molar-refractivity contribution in [2.24, 2.45) is 0 Å². The van der Waals surface area contributed by atoms with Crippen molar-refractivity contribution in [3.05, 3.63) is 53.6 Å². The Balaban J connectivity index is 2.22. The number of rotatable bonds is 2. The van der Waals surface area contributed by atoms with Gasteiger partial charge in [-0.1, -0.05) is 6.07 Å². The molecule has 0 unspecified atom stereocenters. The monoisotopic (exact) mass is 267 g/mol. The average Bonchev–Trinajstić information content (AvgIpc) is 2.33. The number of benzene rings is 2. The zero-order valence-electron chi connectivity index (χ0n) is 10.2. The van der Waals surface area contributed by atoms with E-state index in [1.165, 1.54) is 12.1 Å².